The lowest BCUT2D eigenvalue weighted by molar-refractivity contribution is -0.131. The van der Waals surface area contributed by atoms with Crippen molar-refractivity contribution < 1.29 is 4.79 Å². The number of carbonyl (C=O) groups excluding carboxylic acids is 1. The van der Waals surface area contributed by atoms with Crippen LogP contribution in [0.3, 0.4) is 0 Å². The van der Waals surface area contributed by atoms with Gasteiger partial charge >= 0.3 is 0 Å². The number of nitrogens with zero attached hydrogens (tertiary/aromatic N) is 2. The summed E-state index contributed by atoms with van der Waals surface area (Å²) in [4.78, 5) is 17.0. The van der Waals surface area contributed by atoms with Crippen molar-refractivity contribution in [3.8, 4) is 11.4 Å². The minimum atomic E-state index is -0.174. The summed E-state index contributed by atoms with van der Waals surface area (Å²) in [5.74, 6) is 1.95. The Morgan fingerprint density at radius 2 is 2.04 bits per heavy atom. The van der Waals surface area contributed by atoms with Gasteiger partial charge in [0.2, 0.25) is 5.91 Å². The molecule has 24 heavy (non-hydrogen) atoms. The maximum atomic E-state index is 12.7. The van der Waals surface area contributed by atoms with Crippen LogP contribution in [0.25, 0.3) is 11.4 Å². The first kappa shape index (κ1) is 16.6. The van der Waals surface area contributed by atoms with Gasteiger partial charge in [-0.25, -0.2) is 4.98 Å². The second kappa shape index (κ2) is 6.73. The van der Waals surface area contributed by atoms with E-state index < -0.39 is 0 Å². The summed E-state index contributed by atoms with van der Waals surface area (Å²) < 4.78 is 0. The molecule has 4 N–H and O–H groups in total. The lowest BCUT2D eigenvalue weighted by Gasteiger charge is -2.41. The predicted octanol–water partition coefficient (Wildman–Crippen LogP) is 3.09. The van der Waals surface area contributed by atoms with Gasteiger partial charge in [-0.2, -0.15) is 5.10 Å². The molecule has 0 saturated heterocycles. The molecule has 1 aromatic carbocycles. The van der Waals surface area contributed by atoms with Crippen LogP contribution >= 0.6 is 0 Å². The van der Waals surface area contributed by atoms with Crippen molar-refractivity contribution in [2.24, 2.45) is 17.1 Å². The molecule has 3 rings (SSSR count). The number of aromatic amines is 1. The van der Waals surface area contributed by atoms with Gasteiger partial charge in [0.15, 0.2) is 5.82 Å². The second-order valence-electron chi connectivity index (χ2n) is 7.07. The van der Waals surface area contributed by atoms with Gasteiger partial charge in [0, 0.05) is 16.7 Å². The Bertz CT molecular complexity index is 700. The van der Waals surface area contributed by atoms with E-state index in [-0.39, 0.29) is 11.3 Å². The molecular weight excluding hydrogens is 302 g/mol. The van der Waals surface area contributed by atoms with Crippen molar-refractivity contribution in [1.29, 1.82) is 0 Å². The predicted molar refractivity (Wildman–Crippen MR) is 94.1 cm³/mol. The molecule has 6 nitrogen and oxygen atoms in total. The second-order valence-corrected chi connectivity index (χ2v) is 7.07. The third-order valence-corrected chi connectivity index (χ3v) is 4.72. The number of aromatic nitrogens is 3. The average molecular weight is 327 g/mol. The summed E-state index contributed by atoms with van der Waals surface area (Å²) in [6.07, 6.45) is 4.09. The number of nitrogens with one attached hydrogen (secondary N) is 2. The first-order chi connectivity index (χ1) is 11.5. The van der Waals surface area contributed by atoms with Gasteiger partial charge in [-0.1, -0.05) is 20.3 Å². The fourth-order valence-electron chi connectivity index (χ4n) is 3.39. The van der Waals surface area contributed by atoms with Crippen molar-refractivity contribution in [3.63, 3.8) is 0 Å². The van der Waals surface area contributed by atoms with E-state index in [1.165, 1.54) is 0 Å². The Morgan fingerprint density at radius 3 is 2.54 bits per heavy atom. The van der Waals surface area contributed by atoms with Gasteiger partial charge < -0.3 is 11.1 Å². The van der Waals surface area contributed by atoms with Crippen LogP contribution in [-0.4, -0.2) is 21.1 Å². The smallest absolute Gasteiger partial charge is 0.230 e. The fraction of sp³-hybridized carbons (Fsp3) is 0.500. The van der Waals surface area contributed by atoms with Gasteiger partial charge in [-0.05, 0) is 49.4 Å². The van der Waals surface area contributed by atoms with E-state index in [4.69, 9.17) is 5.73 Å². The third kappa shape index (κ3) is 3.33. The Balaban J connectivity index is 1.68. The Kier molecular flexibility index (Phi) is 4.66. The lowest BCUT2D eigenvalue weighted by Crippen LogP contribution is -2.42. The van der Waals surface area contributed by atoms with E-state index in [1.807, 2.05) is 24.3 Å². The molecule has 2 aromatic rings. The van der Waals surface area contributed by atoms with Gasteiger partial charge in [0.25, 0.3) is 0 Å². The van der Waals surface area contributed by atoms with Crippen molar-refractivity contribution in [2.45, 2.75) is 46.1 Å². The summed E-state index contributed by atoms with van der Waals surface area (Å²) in [5, 5.41) is 10.0. The molecule has 1 heterocycles. The standard InChI is InChI=1S/C18H25N5O/c1-12(2)10-18(8-3-9-18)17(24)20-14-6-4-13(5-7-14)16-21-15(11-19)22-23-16/h4-7,12H,3,8-11,19H2,1-2H3,(H,20,24)(H,21,22,23). The number of anilines is 1. The number of benzene rings is 1. The Labute approximate surface area is 142 Å². The van der Waals surface area contributed by atoms with Gasteiger partial charge in [-0.3, -0.25) is 9.89 Å². The van der Waals surface area contributed by atoms with E-state index in [0.29, 0.717) is 24.1 Å². The largest absolute Gasteiger partial charge is 0.326 e. The van der Waals surface area contributed by atoms with E-state index in [9.17, 15) is 4.79 Å². The van der Waals surface area contributed by atoms with Crippen LogP contribution in [0.2, 0.25) is 0 Å². The minimum Gasteiger partial charge on any atom is -0.326 e. The number of H-pyrrole nitrogens is 1. The molecule has 6 heteroatoms. The molecule has 1 aromatic heterocycles. The number of amides is 1. The highest BCUT2D eigenvalue weighted by Crippen LogP contribution is 2.46. The Hall–Kier alpha value is -2.21. The zero-order valence-corrected chi connectivity index (χ0v) is 14.3. The zero-order valence-electron chi connectivity index (χ0n) is 14.3. The number of rotatable bonds is 6. The molecule has 0 radical (unpaired) electrons. The molecule has 0 spiro atoms. The summed E-state index contributed by atoms with van der Waals surface area (Å²) >= 11 is 0. The SMILES string of the molecule is CC(C)CC1(C(=O)Nc2ccc(-c3n[nH]c(CN)n3)cc2)CCC1. The van der Waals surface area contributed by atoms with Crippen LogP contribution in [0.15, 0.2) is 24.3 Å². The molecule has 128 valence electrons. The van der Waals surface area contributed by atoms with E-state index in [1.54, 1.807) is 0 Å². The summed E-state index contributed by atoms with van der Waals surface area (Å²) in [6.45, 7) is 4.68. The molecule has 0 aliphatic heterocycles. The maximum Gasteiger partial charge on any atom is 0.230 e. The van der Waals surface area contributed by atoms with Crippen LogP contribution in [0, 0.1) is 11.3 Å². The topological polar surface area (TPSA) is 96.7 Å². The lowest BCUT2D eigenvalue weighted by atomic mass is 9.64. The van der Waals surface area contributed by atoms with E-state index in [2.05, 4.69) is 34.3 Å². The molecule has 0 atom stereocenters. The van der Waals surface area contributed by atoms with Crippen molar-refractivity contribution in [2.75, 3.05) is 5.32 Å². The number of carbonyl (C=O) groups is 1. The summed E-state index contributed by atoms with van der Waals surface area (Å²) in [7, 11) is 0. The highest BCUT2D eigenvalue weighted by atomic mass is 16.2. The van der Waals surface area contributed by atoms with Crippen LogP contribution < -0.4 is 11.1 Å². The van der Waals surface area contributed by atoms with Crippen molar-refractivity contribution >= 4 is 11.6 Å². The van der Waals surface area contributed by atoms with Crippen LogP contribution in [0.1, 0.15) is 45.4 Å². The number of hydrogen-bond donors (Lipinski definition) is 3. The molecule has 1 aliphatic carbocycles. The molecule has 0 unspecified atom stereocenters. The van der Waals surface area contributed by atoms with Gasteiger partial charge in [0.1, 0.15) is 5.82 Å². The summed E-state index contributed by atoms with van der Waals surface area (Å²) in [6, 6.07) is 7.62. The van der Waals surface area contributed by atoms with Gasteiger partial charge in [0.05, 0.1) is 6.54 Å². The zero-order chi connectivity index (χ0) is 17.2. The molecule has 1 amide bonds. The van der Waals surface area contributed by atoms with Crippen molar-refractivity contribution in [3.05, 3.63) is 30.1 Å². The minimum absolute atomic E-state index is 0.151. The summed E-state index contributed by atoms with van der Waals surface area (Å²) in [5.41, 5.74) is 7.07. The molecular formula is C18H25N5O. The quantitative estimate of drug-likeness (QED) is 0.759. The fourth-order valence-corrected chi connectivity index (χ4v) is 3.39. The monoisotopic (exact) mass is 327 g/mol. The van der Waals surface area contributed by atoms with Crippen LogP contribution in [-0.2, 0) is 11.3 Å². The molecule has 1 aliphatic rings. The Morgan fingerprint density at radius 1 is 1.33 bits per heavy atom. The molecule has 1 fully saturated rings. The molecule has 0 bridgehead atoms. The van der Waals surface area contributed by atoms with Crippen molar-refractivity contribution in [1.82, 2.24) is 15.2 Å². The highest BCUT2D eigenvalue weighted by molar-refractivity contribution is 5.96. The third-order valence-electron chi connectivity index (χ3n) is 4.72. The normalized spacial score (nSPS) is 16.0. The first-order valence-electron chi connectivity index (χ1n) is 8.56. The molecule has 1 saturated carbocycles. The van der Waals surface area contributed by atoms with Gasteiger partial charge in [-0.15, -0.1) is 0 Å². The highest BCUT2D eigenvalue weighted by Gasteiger charge is 2.44. The van der Waals surface area contributed by atoms with E-state index >= 15 is 0 Å². The number of hydrogen-bond acceptors (Lipinski definition) is 4. The first-order valence-corrected chi connectivity index (χ1v) is 8.56. The maximum absolute atomic E-state index is 12.7. The van der Waals surface area contributed by atoms with Crippen LogP contribution in [0.4, 0.5) is 5.69 Å². The number of nitrogens with two attached hydrogens (primary N) is 1. The van der Waals surface area contributed by atoms with Crippen LogP contribution in [0.5, 0.6) is 0 Å². The average Bonchev–Trinajstić information content (AvgIpc) is 3.00. The van der Waals surface area contributed by atoms with E-state index in [0.717, 1.165) is 36.9 Å².